The highest BCUT2D eigenvalue weighted by Gasteiger charge is 1.72. The van der Waals surface area contributed by atoms with Gasteiger partial charge in [0.2, 0.25) is 0 Å². The minimum absolute atomic E-state index is 0. The van der Waals surface area contributed by atoms with Crippen molar-refractivity contribution in [3.05, 3.63) is 0 Å². The summed E-state index contributed by atoms with van der Waals surface area (Å²) in [4.78, 5) is 59.9. The Bertz CT molecular complexity index is 307. The van der Waals surface area contributed by atoms with Gasteiger partial charge < -0.3 is 71.5 Å². The first-order valence-corrected chi connectivity index (χ1v) is 4.56. The molecule has 0 aromatic heterocycles. The van der Waals surface area contributed by atoms with Crippen LogP contribution in [0.3, 0.4) is 0 Å². The molecule has 0 atom stereocenters. The van der Waals surface area contributed by atoms with Crippen LogP contribution >= 0.6 is 0 Å². The first kappa shape index (κ1) is 63.5. The molecule has 0 saturated carbocycles. The fourth-order valence-electron chi connectivity index (χ4n) is 0. The highest BCUT2D eigenvalue weighted by molar-refractivity contribution is 5.54. The second-order valence-corrected chi connectivity index (χ2v) is 1.98. The molecule has 0 amide bonds. The summed E-state index contributed by atoms with van der Waals surface area (Å²) in [5.74, 6) is 0. The van der Waals surface area contributed by atoms with Crippen molar-refractivity contribution in [1.29, 1.82) is 0 Å². The molecule has 0 saturated heterocycles. The fraction of sp³-hybridized carbons (Fsp3) is 0.300. The third-order valence-electron chi connectivity index (χ3n) is 0. The zero-order valence-electron chi connectivity index (χ0n) is 12.6. The van der Waals surface area contributed by atoms with Crippen molar-refractivity contribution in [2.45, 2.75) is 22.3 Å². The molecule has 0 unspecified atom stereocenters. The standard InChI is InChI=1S/7CH2O3.3CH4/c7*2-1(3)4;;;/h7*(H2,2,3,4);3*1H4. The van der Waals surface area contributed by atoms with E-state index in [-0.39, 0.29) is 22.3 Å². The normalized spacial score (nSPS) is 5.42. The van der Waals surface area contributed by atoms with Gasteiger partial charge >= 0.3 is 43.1 Å². The van der Waals surface area contributed by atoms with Crippen molar-refractivity contribution in [1.82, 2.24) is 0 Å². The van der Waals surface area contributed by atoms with Gasteiger partial charge in [-0.05, 0) is 0 Å². The maximum absolute atomic E-state index is 8.56. The van der Waals surface area contributed by atoms with Crippen LogP contribution in [0.1, 0.15) is 22.3 Å². The quantitative estimate of drug-likeness (QED) is 0.234. The van der Waals surface area contributed by atoms with Crippen molar-refractivity contribution in [2.24, 2.45) is 0 Å². The van der Waals surface area contributed by atoms with Crippen LogP contribution in [-0.2, 0) is 0 Å². The Balaban J connectivity index is -0.0000000204. The van der Waals surface area contributed by atoms with E-state index in [1.165, 1.54) is 0 Å². The molecule has 0 rings (SSSR count). The molecule has 0 aromatic carbocycles. The summed E-state index contributed by atoms with van der Waals surface area (Å²) in [6.07, 6.45) is -12.8. The lowest BCUT2D eigenvalue weighted by Crippen LogP contribution is -1.81. The number of hydrogen-bond acceptors (Lipinski definition) is 7. The highest BCUT2D eigenvalue weighted by Crippen LogP contribution is 1.45. The summed E-state index contributed by atoms with van der Waals surface area (Å²) in [5, 5.41) is 97.6. The lowest BCUT2D eigenvalue weighted by Gasteiger charge is -1.60. The van der Waals surface area contributed by atoms with Gasteiger partial charge in [-0.15, -0.1) is 0 Å². The van der Waals surface area contributed by atoms with E-state index >= 15 is 0 Å². The van der Waals surface area contributed by atoms with Gasteiger partial charge in [0.25, 0.3) is 0 Å². The molecule has 0 aliphatic rings. The fourth-order valence-corrected chi connectivity index (χ4v) is 0. The van der Waals surface area contributed by atoms with E-state index < -0.39 is 43.1 Å². The second kappa shape index (κ2) is 56.3. The van der Waals surface area contributed by atoms with Crippen molar-refractivity contribution in [2.75, 3.05) is 0 Å². The van der Waals surface area contributed by atoms with Gasteiger partial charge in [-0.25, -0.2) is 33.6 Å². The van der Waals surface area contributed by atoms with Crippen LogP contribution in [0.4, 0.5) is 33.6 Å². The minimum atomic E-state index is -1.83. The van der Waals surface area contributed by atoms with E-state index in [1.54, 1.807) is 0 Å². The Morgan fingerprint density at radius 1 is 0.226 bits per heavy atom. The second-order valence-electron chi connectivity index (χ2n) is 1.98. The van der Waals surface area contributed by atoms with E-state index in [1.807, 2.05) is 0 Å². The first-order chi connectivity index (χ1) is 12.1. The molecule has 0 bridgehead atoms. The van der Waals surface area contributed by atoms with Crippen LogP contribution in [0.25, 0.3) is 0 Å². The van der Waals surface area contributed by atoms with Crippen LogP contribution in [-0.4, -0.2) is 115 Å². The Hall–Kier alpha value is -5.11. The topological polar surface area (TPSA) is 403 Å². The van der Waals surface area contributed by atoms with E-state index in [2.05, 4.69) is 0 Å². The van der Waals surface area contributed by atoms with Crippen molar-refractivity contribution < 1.29 is 105 Å². The summed E-state index contributed by atoms with van der Waals surface area (Å²) < 4.78 is 0. The van der Waals surface area contributed by atoms with Gasteiger partial charge in [0.15, 0.2) is 0 Å². The van der Waals surface area contributed by atoms with Gasteiger partial charge in [-0.2, -0.15) is 0 Å². The minimum Gasteiger partial charge on any atom is -0.450 e. The summed E-state index contributed by atoms with van der Waals surface area (Å²) in [5.41, 5.74) is 0. The molecule has 0 fully saturated rings. The summed E-state index contributed by atoms with van der Waals surface area (Å²) in [7, 11) is 0. The molecule has 0 spiro atoms. The molecule has 192 valence electrons. The average Bonchev–Trinajstić information content (AvgIpc) is 2.20. The SMILES string of the molecule is C.C.C.O=C(O)O.O=C(O)O.O=C(O)O.O=C(O)O.O=C(O)O.O=C(O)O.O=C(O)O. The molecule has 14 N–H and O–H groups in total. The van der Waals surface area contributed by atoms with Gasteiger partial charge in [0, 0.05) is 0 Å². The average molecular weight is 482 g/mol. The predicted molar refractivity (Wildman–Crippen MR) is 94.8 cm³/mol. The van der Waals surface area contributed by atoms with Crippen LogP contribution in [0.5, 0.6) is 0 Å². The zero-order chi connectivity index (χ0) is 25.0. The smallest absolute Gasteiger partial charge is 0.450 e. The van der Waals surface area contributed by atoms with Gasteiger partial charge in [-0.1, -0.05) is 22.3 Å². The molecule has 0 heterocycles. The van der Waals surface area contributed by atoms with E-state index in [0.29, 0.717) is 0 Å². The molecule has 0 radical (unpaired) electrons. The van der Waals surface area contributed by atoms with E-state index in [4.69, 9.17) is 105 Å². The van der Waals surface area contributed by atoms with Crippen LogP contribution < -0.4 is 0 Å². The molecule has 0 aliphatic heterocycles. The highest BCUT2D eigenvalue weighted by atomic mass is 16.6. The molecular weight excluding hydrogens is 456 g/mol. The zero-order valence-corrected chi connectivity index (χ0v) is 12.6. The molecule has 21 heteroatoms. The monoisotopic (exact) mass is 482 g/mol. The van der Waals surface area contributed by atoms with Crippen molar-refractivity contribution >= 4 is 43.1 Å². The maximum atomic E-state index is 8.56. The third kappa shape index (κ3) is 499. The third-order valence-corrected chi connectivity index (χ3v) is 0. The van der Waals surface area contributed by atoms with Crippen molar-refractivity contribution in [3.8, 4) is 0 Å². The number of carbonyl (C=O) groups is 7. The van der Waals surface area contributed by atoms with Gasteiger partial charge in [-0.3, -0.25) is 0 Å². The summed E-state index contributed by atoms with van der Waals surface area (Å²) in [6.45, 7) is 0. The lowest BCUT2D eigenvalue weighted by molar-refractivity contribution is 0.135. The molecular formula is C10H26O21. The van der Waals surface area contributed by atoms with E-state index in [9.17, 15) is 0 Å². The van der Waals surface area contributed by atoms with Crippen LogP contribution in [0, 0.1) is 0 Å². The Morgan fingerprint density at radius 2 is 0.226 bits per heavy atom. The van der Waals surface area contributed by atoms with Crippen molar-refractivity contribution in [3.63, 3.8) is 0 Å². The van der Waals surface area contributed by atoms with Crippen LogP contribution in [0.2, 0.25) is 0 Å². The van der Waals surface area contributed by atoms with E-state index in [0.717, 1.165) is 0 Å². The first-order valence-electron chi connectivity index (χ1n) is 4.56. The largest absolute Gasteiger partial charge is 0.503 e. The number of hydrogen-bond donors (Lipinski definition) is 14. The molecule has 0 aromatic rings. The Labute approximate surface area is 171 Å². The maximum Gasteiger partial charge on any atom is 0.503 e. The number of rotatable bonds is 0. The number of carboxylic acid groups (broad SMARTS) is 14. The van der Waals surface area contributed by atoms with Gasteiger partial charge in [0.1, 0.15) is 0 Å². The predicted octanol–water partition coefficient (Wildman–Crippen LogP) is 3.47. The van der Waals surface area contributed by atoms with Gasteiger partial charge in [0.05, 0.1) is 0 Å². The lowest BCUT2D eigenvalue weighted by atomic mass is 11.5. The Kier molecular flexibility index (Phi) is 115. The molecule has 0 aliphatic carbocycles. The molecule has 21 nitrogen and oxygen atoms in total. The molecule has 31 heavy (non-hydrogen) atoms. The Morgan fingerprint density at radius 3 is 0.226 bits per heavy atom. The summed E-state index contributed by atoms with van der Waals surface area (Å²) >= 11 is 0. The summed E-state index contributed by atoms with van der Waals surface area (Å²) in [6, 6.07) is 0. The van der Waals surface area contributed by atoms with Crippen LogP contribution in [0.15, 0.2) is 0 Å².